The maximum atomic E-state index is 10.5. The quantitative estimate of drug-likeness (QED) is 0.535. The highest BCUT2D eigenvalue weighted by molar-refractivity contribution is 5.14. The molecule has 6 nitrogen and oxygen atoms in total. The van der Waals surface area contributed by atoms with Gasteiger partial charge >= 0.3 is 0 Å². The van der Waals surface area contributed by atoms with Crippen molar-refractivity contribution in [1.82, 2.24) is 0 Å². The molecule has 0 unspecified atom stereocenters. The molecule has 0 radical (unpaired) electrons. The van der Waals surface area contributed by atoms with Crippen molar-refractivity contribution < 1.29 is 29.2 Å². The molecule has 5 atom stereocenters. The van der Waals surface area contributed by atoms with E-state index in [0.717, 1.165) is 11.1 Å². The smallest absolute Gasteiger partial charge is 0.164 e. The summed E-state index contributed by atoms with van der Waals surface area (Å²) in [6.07, 6.45) is -2.03. The number of rotatable bonds is 11. The zero-order valence-corrected chi connectivity index (χ0v) is 18.1. The van der Waals surface area contributed by atoms with E-state index in [0.29, 0.717) is 6.61 Å². The van der Waals surface area contributed by atoms with Crippen molar-refractivity contribution in [2.24, 2.45) is 0 Å². The summed E-state index contributed by atoms with van der Waals surface area (Å²) in [5.74, 6) is -0.907. The monoisotopic (exact) mass is 428 g/mol. The molecule has 168 valence electrons. The molecule has 2 aromatic carbocycles. The van der Waals surface area contributed by atoms with Crippen LogP contribution < -0.4 is 0 Å². The molecule has 1 saturated heterocycles. The first kappa shape index (κ1) is 23.6. The molecule has 1 aliphatic rings. The molecule has 2 N–H and O–H groups in total. The third kappa shape index (κ3) is 6.46. The van der Waals surface area contributed by atoms with E-state index in [-0.39, 0.29) is 6.61 Å². The fraction of sp³-hybridized carbons (Fsp3) is 0.440. The van der Waals surface area contributed by atoms with Crippen molar-refractivity contribution in [2.45, 2.75) is 63.4 Å². The van der Waals surface area contributed by atoms with Gasteiger partial charge < -0.3 is 29.2 Å². The summed E-state index contributed by atoms with van der Waals surface area (Å²) in [4.78, 5) is 0. The third-order valence-electron chi connectivity index (χ3n) is 5.18. The van der Waals surface area contributed by atoms with Crippen LogP contribution in [-0.4, -0.2) is 53.1 Å². The first-order valence-corrected chi connectivity index (χ1v) is 10.5. The Balaban J connectivity index is 1.76. The number of aliphatic hydroxyl groups is 2. The highest BCUT2D eigenvalue weighted by Crippen LogP contribution is 2.35. The molecule has 6 heteroatoms. The van der Waals surface area contributed by atoms with Gasteiger partial charge in [-0.25, -0.2) is 0 Å². The summed E-state index contributed by atoms with van der Waals surface area (Å²) in [7, 11) is 0. The molecule has 1 aliphatic heterocycles. The van der Waals surface area contributed by atoms with E-state index in [1.165, 1.54) is 0 Å². The van der Waals surface area contributed by atoms with Crippen LogP contribution in [0.25, 0.3) is 0 Å². The van der Waals surface area contributed by atoms with Crippen LogP contribution in [0.5, 0.6) is 0 Å². The minimum absolute atomic E-state index is 0.263. The van der Waals surface area contributed by atoms with Crippen LogP contribution in [0.2, 0.25) is 0 Å². The lowest BCUT2D eigenvalue weighted by Crippen LogP contribution is -2.50. The molecule has 0 spiro atoms. The lowest BCUT2D eigenvalue weighted by atomic mass is 9.99. The standard InChI is InChI=1S/C25H32O6/c1-4-21(28-16-18-11-7-5-8-12-18)23-24(31-25(2,3)30-23)22(20(27)15-26)29-17-19-13-9-6-10-14-19/h4-14,20-24,26-27H,1,15-17H2,2-3H3/t20-,21-,22-,23-,24+/m1/s1. The van der Waals surface area contributed by atoms with Crippen molar-refractivity contribution in [1.29, 1.82) is 0 Å². The summed E-state index contributed by atoms with van der Waals surface area (Å²) in [6, 6.07) is 19.5. The van der Waals surface area contributed by atoms with Gasteiger partial charge in [0.25, 0.3) is 0 Å². The van der Waals surface area contributed by atoms with E-state index < -0.39 is 42.9 Å². The molecule has 0 aromatic heterocycles. The second kappa shape index (κ2) is 11.0. The average molecular weight is 429 g/mol. The minimum atomic E-state index is -1.15. The Morgan fingerprint density at radius 2 is 1.45 bits per heavy atom. The number of hydrogen-bond donors (Lipinski definition) is 2. The zero-order valence-electron chi connectivity index (χ0n) is 18.1. The van der Waals surface area contributed by atoms with Crippen molar-refractivity contribution in [3.63, 3.8) is 0 Å². The molecule has 0 saturated carbocycles. The van der Waals surface area contributed by atoms with E-state index >= 15 is 0 Å². The van der Waals surface area contributed by atoms with Crippen LogP contribution >= 0.6 is 0 Å². The van der Waals surface area contributed by atoms with Gasteiger partial charge in [-0.05, 0) is 25.0 Å². The van der Waals surface area contributed by atoms with E-state index in [4.69, 9.17) is 18.9 Å². The predicted octanol–water partition coefficient (Wildman–Crippen LogP) is 3.22. The average Bonchev–Trinajstić information content (AvgIpc) is 3.10. The fourth-order valence-corrected chi connectivity index (χ4v) is 3.68. The van der Waals surface area contributed by atoms with Gasteiger partial charge in [0, 0.05) is 0 Å². The molecular weight excluding hydrogens is 396 g/mol. The molecule has 1 heterocycles. The summed E-state index contributed by atoms with van der Waals surface area (Å²) in [5, 5.41) is 20.2. The van der Waals surface area contributed by atoms with Crippen molar-refractivity contribution in [3.8, 4) is 0 Å². The normalized spacial score (nSPS) is 23.2. The van der Waals surface area contributed by atoms with Crippen LogP contribution in [0.4, 0.5) is 0 Å². The van der Waals surface area contributed by atoms with Gasteiger partial charge in [-0.1, -0.05) is 66.7 Å². The highest BCUT2D eigenvalue weighted by Gasteiger charge is 2.50. The number of ether oxygens (including phenoxy) is 4. The van der Waals surface area contributed by atoms with Crippen LogP contribution in [0.3, 0.4) is 0 Å². The van der Waals surface area contributed by atoms with Crippen LogP contribution in [-0.2, 0) is 32.2 Å². The van der Waals surface area contributed by atoms with Gasteiger partial charge in [-0.2, -0.15) is 0 Å². The zero-order chi connectivity index (χ0) is 22.3. The first-order valence-electron chi connectivity index (χ1n) is 10.5. The van der Waals surface area contributed by atoms with Crippen molar-refractivity contribution in [3.05, 3.63) is 84.4 Å². The Bertz CT molecular complexity index is 794. The number of benzene rings is 2. The summed E-state index contributed by atoms with van der Waals surface area (Å²) in [6.45, 7) is 7.69. The van der Waals surface area contributed by atoms with Gasteiger partial charge in [0.1, 0.15) is 30.5 Å². The number of aliphatic hydroxyl groups excluding tert-OH is 2. The van der Waals surface area contributed by atoms with Gasteiger partial charge in [-0.15, -0.1) is 6.58 Å². The molecule has 31 heavy (non-hydrogen) atoms. The summed E-state index contributed by atoms with van der Waals surface area (Å²) < 4.78 is 24.4. The van der Waals surface area contributed by atoms with Crippen molar-refractivity contribution in [2.75, 3.05) is 6.61 Å². The second-order valence-corrected chi connectivity index (χ2v) is 8.07. The van der Waals surface area contributed by atoms with Crippen LogP contribution in [0.1, 0.15) is 25.0 Å². The summed E-state index contributed by atoms with van der Waals surface area (Å²) >= 11 is 0. The van der Waals surface area contributed by atoms with Gasteiger partial charge in [-0.3, -0.25) is 0 Å². The Morgan fingerprint density at radius 3 is 1.97 bits per heavy atom. The van der Waals surface area contributed by atoms with Gasteiger partial charge in [0.15, 0.2) is 5.79 Å². The molecule has 0 aliphatic carbocycles. The van der Waals surface area contributed by atoms with Crippen LogP contribution in [0, 0.1) is 0 Å². The Labute approximate surface area is 184 Å². The molecule has 0 bridgehead atoms. The summed E-state index contributed by atoms with van der Waals surface area (Å²) in [5.41, 5.74) is 1.98. The van der Waals surface area contributed by atoms with E-state index in [1.807, 2.05) is 60.7 Å². The third-order valence-corrected chi connectivity index (χ3v) is 5.18. The molecule has 2 aromatic rings. The molecule has 0 amide bonds. The molecule has 3 rings (SSSR count). The van der Waals surface area contributed by atoms with E-state index in [9.17, 15) is 10.2 Å². The van der Waals surface area contributed by atoms with E-state index in [2.05, 4.69) is 6.58 Å². The predicted molar refractivity (Wildman–Crippen MR) is 117 cm³/mol. The Hall–Kier alpha value is -2.06. The first-order chi connectivity index (χ1) is 14.9. The molecule has 1 fully saturated rings. The maximum absolute atomic E-state index is 10.5. The maximum Gasteiger partial charge on any atom is 0.164 e. The Kier molecular flexibility index (Phi) is 8.37. The fourth-order valence-electron chi connectivity index (χ4n) is 3.68. The molecular formula is C25H32O6. The largest absolute Gasteiger partial charge is 0.394 e. The second-order valence-electron chi connectivity index (χ2n) is 8.07. The highest BCUT2D eigenvalue weighted by atomic mass is 16.8. The SMILES string of the molecule is C=C[C@@H](OCc1ccccc1)[C@H]1OC(C)(C)O[C@H]1[C@H](OCc1ccccc1)[C@H](O)CO. The Morgan fingerprint density at radius 1 is 0.935 bits per heavy atom. The van der Waals surface area contributed by atoms with Gasteiger partial charge in [0.05, 0.1) is 19.8 Å². The lowest BCUT2D eigenvalue weighted by Gasteiger charge is -2.32. The topological polar surface area (TPSA) is 77.4 Å². The number of hydrogen-bond acceptors (Lipinski definition) is 6. The van der Waals surface area contributed by atoms with Crippen LogP contribution in [0.15, 0.2) is 73.3 Å². The lowest BCUT2D eigenvalue weighted by molar-refractivity contribution is -0.176. The van der Waals surface area contributed by atoms with E-state index in [1.54, 1.807) is 19.9 Å². The van der Waals surface area contributed by atoms with Gasteiger partial charge in [0.2, 0.25) is 0 Å². The minimum Gasteiger partial charge on any atom is -0.394 e. The van der Waals surface area contributed by atoms with Crippen molar-refractivity contribution >= 4 is 0 Å².